The number of fused-ring (bicyclic) bond motifs is 3. The molecule has 0 heterocycles. The number of allylic oxidation sites excluding steroid dienone is 2. The molecule has 18 rings (SSSR count). The van der Waals surface area contributed by atoms with Crippen LogP contribution in [0.4, 0.5) is 0 Å². The van der Waals surface area contributed by atoms with Crippen LogP contribution in [0.5, 0.6) is 0 Å². The Balaban J connectivity index is 1.27. The Hall–Kier alpha value is -6.25. The van der Waals surface area contributed by atoms with Crippen molar-refractivity contribution in [3.05, 3.63) is 118 Å². The van der Waals surface area contributed by atoms with E-state index in [-0.39, 0.29) is 22.7 Å². The minimum absolute atomic E-state index is 0.184. The minimum atomic E-state index is -0.702. The molecule has 2 heteroatoms. The molecule has 0 radical (unpaired) electrons. The normalized spacial score (nSPS) is 25.1. The second-order valence-corrected chi connectivity index (χ2v) is 17.6. The van der Waals surface area contributed by atoms with Gasteiger partial charge in [-0.25, -0.2) is 0 Å². The van der Waals surface area contributed by atoms with Crippen LogP contribution in [0.3, 0.4) is 0 Å². The molecule has 0 saturated heterocycles. The van der Waals surface area contributed by atoms with E-state index in [0.717, 1.165) is 6.42 Å². The Labute approximate surface area is 298 Å². The van der Waals surface area contributed by atoms with E-state index in [4.69, 9.17) is 0 Å². The molecule has 0 aliphatic heterocycles. The van der Waals surface area contributed by atoms with Crippen molar-refractivity contribution in [2.75, 3.05) is 0 Å². The minimum Gasteiger partial charge on any atom is -0.481 e. The first-order valence-corrected chi connectivity index (χ1v) is 19.3. The lowest BCUT2D eigenvalue weighted by molar-refractivity contribution is -0.137. The summed E-state index contributed by atoms with van der Waals surface area (Å²) in [6, 6.07) is 31.0. The molecular formula is C51H22O2. The average Bonchev–Trinajstić information content (AvgIpc) is 3.83. The molecule has 2 atom stereocenters. The highest BCUT2D eigenvalue weighted by atomic mass is 16.4. The fraction of sp³-hybridized carbons (Fsp3) is 0.118. The van der Waals surface area contributed by atoms with Gasteiger partial charge in [-0.05, 0) is 170 Å². The standard InChI is InChI=1S/C51H22O2/c52-30(53)7-4-18-49(19-5-2-1-3-6-19)50-28-16-17-29-27-15-13-25-23-11-9-21-20-8-10-22-24-12-14-26(28)37-35(24)40-33(22)31(20)39-32(21)34(23)41-36(25)38(27)48(51(29,49)50)46-44(41)42(39)43(40)45(46)47(37)50/h1-3,5-6,8-17H,4,7,18H2,(H,52,53). The number of carbonyl (C=O) groups is 1. The third-order valence-electron chi connectivity index (χ3n) is 16.7. The maximum absolute atomic E-state index is 12.3. The maximum Gasteiger partial charge on any atom is 0.303 e. The average molecular weight is 667 g/mol. The first-order chi connectivity index (χ1) is 26.2. The van der Waals surface area contributed by atoms with Gasteiger partial charge < -0.3 is 5.11 Å². The smallest absolute Gasteiger partial charge is 0.303 e. The van der Waals surface area contributed by atoms with Gasteiger partial charge in [0, 0.05) is 22.7 Å². The van der Waals surface area contributed by atoms with Crippen LogP contribution in [0.15, 0.2) is 91.0 Å². The highest BCUT2D eigenvalue weighted by Gasteiger charge is 2.93. The molecule has 0 amide bonds. The molecule has 0 aromatic heterocycles. The number of aliphatic carboxylic acids is 1. The summed E-state index contributed by atoms with van der Waals surface area (Å²) >= 11 is 0. The van der Waals surface area contributed by atoms with Crippen molar-refractivity contribution < 1.29 is 9.90 Å². The fourth-order valence-corrected chi connectivity index (χ4v) is 16.0. The van der Waals surface area contributed by atoms with Crippen LogP contribution in [0.1, 0.15) is 36.0 Å². The van der Waals surface area contributed by atoms with Crippen LogP contribution in [0.25, 0.3) is 130 Å². The lowest BCUT2D eigenvalue weighted by Gasteiger charge is -2.32. The number of carboxylic acid groups (broad SMARTS) is 1. The summed E-state index contributed by atoms with van der Waals surface area (Å²) in [5, 5.41) is 45.4. The van der Waals surface area contributed by atoms with Crippen molar-refractivity contribution >= 4 is 136 Å². The lowest BCUT2D eigenvalue weighted by Crippen LogP contribution is -2.27. The molecule has 1 N–H and O–H groups in total. The van der Waals surface area contributed by atoms with E-state index in [1.54, 1.807) is 11.1 Å². The van der Waals surface area contributed by atoms with Gasteiger partial charge in [-0.15, -0.1) is 0 Å². The van der Waals surface area contributed by atoms with Gasteiger partial charge >= 0.3 is 5.97 Å². The molecule has 2 spiro atoms. The molecule has 5 aliphatic rings. The van der Waals surface area contributed by atoms with E-state index in [0.29, 0.717) is 6.42 Å². The molecule has 0 bridgehead atoms. The molecule has 238 valence electrons. The quantitative estimate of drug-likeness (QED) is 0.186. The second kappa shape index (κ2) is 6.39. The largest absolute Gasteiger partial charge is 0.481 e. The molecule has 13 aromatic rings. The Morgan fingerprint density at radius 2 is 0.849 bits per heavy atom. The first-order valence-electron chi connectivity index (χ1n) is 19.3. The fourth-order valence-electron chi connectivity index (χ4n) is 16.0. The zero-order chi connectivity index (χ0) is 33.5. The summed E-state index contributed by atoms with van der Waals surface area (Å²) in [5.74, 6) is -0.702. The van der Waals surface area contributed by atoms with Crippen molar-refractivity contribution in [2.24, 2.45) is 0 Å². The predicted molar refractivity (Wildman–Crippen MR) is 217 cm³/mol. The summed E-state index contributed by atoms with van der Waals surface area (Å²) in [4.78, 5) is 12.3. The molecule has 13 aromatic carbocycles. The van der Waals surface area contributed by atoms with Crippen LogP contribution in [0.2, 0.25) is 0 Å². The van der Waals surface area contributed by atoms with Crippen molar-refractivity contribution in [3.8, 4) is 0 Å². The van der Waals surface area contributed by atoms with Crippen molar-refractivity contribution in [1.82, 2.24) is 0 Å². The molecule has 5 aliphatic carbocycles. The van der Waals surface area contributed by atoms with Gasteiger partial charge in [0.15, 0.2) is 0 Å². The first kappa shape index (κ1) is 24.1. The highest BCUT2D eigenvalue weighted by molar-refractivity contribution is 6.64. The maximum atomic E-state index is 12.3. The lowest BCUT2D eigenvalue weighted by atomic mass is 9.68. The summed E-state index contributed by atoms with van der Waals surface area (Å²) in [7, 11) is 0. The number of rotatable bonds is 5. The van der Waals surface area contributed by atoms with E-state index < -0.39 is 5.97 Å². The van der Waals surface area contributed by atoms with Crippen molar-refractivity contribution in [1.29, 1.82) is 0 Å². The van der Waals surface area contributed by atoms with Gasteiger partial charge in [-0.2, -0.15) is 0 Å². The number of hydrogen-bond donors (Lipinski definition) is 1. The number of hydrogen-bond acceptors (Lipinski definition) is 1. The van der Waals surface area contributed by atoms with Gasteiger partial charge in [-0.1, -0.05) is 91.0 Å². The molecule has 1 fully saturated rings. The van der Waals surface area contributed by atoms with E-state index in [2.05, 4.69) is 91.0 Å². The zero-order valence-corrected chi connectivity index (χ0v) is 28.1. The highest BCUT2D eigenvalue weighted by Crippen LogP contribution is 2.92. The summed E-state index contributed by atoms with van der Waals surface area (Å²) in [6.07, 6.45) is 6.70. The van der Waals surface area contributed by atoms with Crippen LogP contribution in [-0.2, 0) is 21.0 Å². The number of benzene rings is 9. The Kier molecular flexibility index (Phi) is 2.90. The van der Waals surface area contributed by atoms with Gasteiger partial charge in [0.25, 0.3) is 0 Å². The van der Waals surface area contributed by atoms with Gasteiger partial charge in [0.1, 0.15) is 0 Å². The second-order valence-electron chi connectivity index (χ2n) is 17.6. The van der Waals surface area contributed by atoms with Crippen molar-refractivity contribution in [2.45, 2.75) is 35.5 Å². The Morgan fingerprint density at radius 1 is 0.453 bits per heavy atom. The van der Waals surface area contributed by atoms with Crippen molar-refractivity contribution in [3.63, 3.8) is 0 Å². The number of carboxylic acids is 1. The van der Waals surface area contributed by atoms with E-state index in [9.17, 15) is 9.90 Å². The topological polar surface area (TPSA) is 37.3 Å². The molecule has 53 heavy (non-hydrogen) atoms. The van der Waals surface area contributed by atoms with Crippen LogP contribution in [-0.4, -0.2) is 11.1 Å². The Bertz CT molecular complexity index is 3950. The molecule has 2 nitrogen and oxygen atoms in total. The third kappa shape index (κ3) is 1.67. The van der Waals surface area contributed by atoms with Gasteiger partial charge in [0.05, 0.1) is 0 Å². The summed E-state index contributed by atoms with van der Waals surface area (Å²) in [6.45, 7) is 0. The third-order valence-corrected chi connectivity index (χ3v) is 16.7. The van der Waals surface area contributed by atoms with Crippen LogP contribution < -0.4 is 10.4 Å². The monoisotopic (exact) mass is 666 g/mol. The molecular weight excluding hydrogens is 645 g/mol. The zero-order valence-electron chi connectivity index (χ0n) is 28.1. The summed E-state index contributed by atoms with van der Waals surface area (Å²) in [5.41, 5.74) is 6.49. The van der Waals surface area contributed by atoms with Crippen LogP contribution in [0, 0.1) is 0 Å². The Morgan fingerprint density at radius 3 is 1.30 bits per heavy atom. The van der Waals surface area contributed by atoms with Gasteiger partial charge in [-0.3, -0.25) is 4.79 Å². The van der Waals surface area contributed by atoms with Gasteiger partial charge in [0.2, 0.25) is 0 Å². The molecule has 2 unspecified atom stereocenters. The predicted octanol–water partition coefficient (Wildman–Crippen LogP) is 10.5. The summed E-state index contributed by atoms with van der Waals surface area (Å²) < 4.78 is 0. The van der Waals surface area contributed by atoms with Crippen LogP contribution >= 0.6 is 0 Å². The van der Waals surface area contributed by atoms with E-state index >= 15 is 0 Å². The van der Waals surface area contributed by atoms with E-state index in [1.807, 2.05) is 0 Å². The SMILES string of the molecule is O=C(O)CCCC1(c2ccccc2)C23C4=c5ccc6c7ccc8c9ccc%10c%11ccc%12c%13c(c%14c%15c2c5c6c2c7c8c5c9c%10c(c%13%11)c%14c5c%152)C13C=%12C=C4. The molecule has 1 saturated carbocycles. The van der Waals surface area contributed by atoms with E-state index in [1.165, 1.54) is 146 Å².